The van der Waals surface area contributed by atoms with Crippen molar-refractivity contribution in [2.45, 2.75) is 12.5 Å². The highest BCUT2D eigenvalue weighted by molar-refractivity contribution is 5.17. The molecular formula is C9H9F3O2. The van der Waals surface area contributed by atoms with Gasteiger partial charge in [0.1, 0.15) is 6.10 Å². The second-order valence-corrected chi connectivity index (χ2v) is 2.68. The molecule has 0 fully saturated rings. The third kappa shape index (κ3) is 3.76. The average Bonchev–Trinajstić information content (AvgIpc) is 2.14. The molecule has 0 aliphatic carbocycles. The van der Waals surface area contributed by atoms with Crippen LogP contribution >= 0.6 is 0 Å². The monoisotopic (exact) mass is 206 g/mol. The van der Waals surface area contributed by atoms with Crippen molar-refractivity contribution >= 4 is 0 Å². The van der Waals surface area contributed by atoms with Gasteiger partial charge in [0, 0.05) is 0 Å². The largest absolute Gasteiger partial charge is 0.522 e. The molecule has 0 aliphatic heterocycles. The Morgan fingerprint density at radius 3 is 2.29 bits per heavy atom. The first kappa shape index (κ1) is 11.0. The van der Waals surface area contributed by atoms with Crippen LogP contribution in [0.1, 0.15) is 11.7 Å². The minimum atomic E-state index is -4.70. The highest BCUT2D eigenvalue weighted by Gasteiger charge is 2.30. The Kier molecular flexibility index (Phi) is 3.49. The van der Waals surface area contributed by atoms with Crippen LogP contribution in [0.2, 0.25) is 0 Å². The van der Waals surface area contributed by atoms with Crippen molar-refractivity contribution in [1.29, 1.82) is 0 Å². The number of halogens is 3. The van der Waals surface area contributed by atoms with Crippen LogP contribution in [0.25, 0.3) is 0 Å². The van der Waals surface area contributed by atoms with E-state index in [4.69, 9.17) is 0 Å². The Balaban J connectivity index is 2.48. The molecule has 14 heavy (non-hydrogen) atoms. The SMILES string of the molecule is O[C@H](COC(F)(F)F)c1ccccc1. The van der Waals surface area contributed by atoms with Gasteiger partial charge in [-0.2, -0.15) is 0 Å². The van der Waals surface area contributed by atoms with E-state index in [0.29, 0.717) is 5.56 Å². The quantitative estimate of drug-likeness (QED) is 0.821. The maximum absolute atomic E-state index is 11.6. The maximum atomic E-state index is 11.6. The van der Waals surface area contributed by atoms with Gasteiger partial charge in [-0.05, 0) is 5.56 Å². The van der Waals surface area contributed by atoms with E-state index in [1.807, 2.05) is 0 Å². The van der Waals surface area contributed by atoms with Crippen molar-refractivity contribution in [3.05, 3.63) is 35.9 Å². The van der Waals surface area contributed by atoms with Gasteiger partial charge < -0.3 is 5.11 Å². The van der Waals surface area contributed by atoms with Crippen LogP contribution in [0.4, 0.5) is 13.2 Å². The summed E-state index contributed by atoms with van der Waals surface area (Å²) in [6.07, 6.45) is -5.95. The van der Waals surface area contributed by atoms with Gasteiger partial charge in [-0.25, -0.2) is 0 Å². The average molecular weight is 206 g/mol. The van der Waals surface area contributed by atoms with Crippen LogP contribution in [-0.4, -0.2) is 18.1 Å². The number of aliphatic hydroxyl groups excluding tert-OH is 1. The van der Waals surface area contributed by atoms with Crippen LogP contribution in [0.5, 0.6) is 0 Å². The summed E-state index contributed by atoms with van der Waals surface area (Å²) in [6, 6.07) is 8.04. The zero-order chi connectivity index (χ0) is 10.6. The first-order valence-electron chi connectivity index (χ1n) is 3.93. The third-order valence-corrected chi connectivity index (χ3v) is 1.59. The van der Waals surface area contributed by atoms with Gasteiger partial charge in [0.25, 0.3) is 0 Å². The van der Waals surface area contributed by atoms with E-state index in [0.717, 1.165) is 0 Å². The molecule has 2 nitrogen and oxygen atoms in total. The fourth-order valence-electron chi connectivity index (χ4n) is 0.945. The van der Waals surface area contributed by atoms with Crippen LogP contribution in [0, 0.1) is 0 Å². The van der Waals surface area contributed by atoms with Crippen LogP contribution in [0.3, 0.4) is 0 Å². The molecule has 0 bridgehead atoms. The van der Waals surface area contributed by atoms with E-state index in [1.54, 1.807) is 18.2 Å². The summed E-state index contributed by atoms with van der Waals surface area (Å²) in [4.78, 5) is 0. The third-order valence-electron chi connectivity index (χ3n) is 1.59. The highest BCUT2D eigenvalue weighted by Crippen LogP contribution is 2.20. The summed E-state index contributed by atoms with van der Waals surface area (Å²) in [6.45, 7) is -0.784. The first-order chi connectivity index (χ1) is 6.49. The fourth-order valence-corrected chi connectivity index (χ4v) is 0.945. The molecule has 1 N–H and O–H groups in total. The van der Waals surface area contributed by atoms with Crippen LogP contribution in [-0.2, 0) is 4.74 Å². The van der Waals surface area contributed by atoms with Crippen molar-refractivity contribution < 1.29 is 23.0 Å². The molecular weight excluding hydrogens is 197 g/mol. The zero-order valence-corrected chi connectivity index (χ0v) is 7.16. The first-order valence-corrected chi connectivity index (χ1v) is 3.93. The molecule has 78 valence electrons. The zero-order valence-electron chi connectivity index (χ0n) is 7.16. The number of benzene rings is 1. The van der Waals surface area contributed by atoms with E-state index < -0.39 is 19.1 Å². The summed E-state index contributed by atoms with van der Waals surface area (Å²) in [5.41, 5.74) is 0.400. The van der Waals surface area contributed by atoms with Crippen molar-refractivity contribution in [3.63, 3.8) is 0 Å². The lowest BCUT2D eigenvalue weighted by Crippen LogP contribution is -2.18. The summed E-state index contributed by atoms with van der Waals surface area (Å²) in [5, 5.41) is 9.26. The number of aliphatic hydroxyl groups is 1. The lowest BCUT2D eigenvalue weighted by molar-refractivity contribution is -0.331. The summed E-state index contributed by atoms with van der Waals surface area (Å²) >= 11 is 0. The maximum Gasteiger partial charge on any atom is 0.522 e. The molecule has 1 aromatic rings. The smallest absolute Gasteiger partial charge is 0.386 e. The van der Waals surface area contributed by atoms with Crippen LogP contribution < -0.4 is 0 Å². The molecule has 0 amide bonds. The number of hydrogen-bond acceptors (Lipinski definition) is 2. The molecule has 0 saturated carbocycles. The molecule has 1 aromatic carbocycles. The van der Waals surface area contributed by atoms with Gasteiger partial charge in [-0.1, -0.05) is 30.3 Å². The van der Waals surface area contributed by atoms with E-state index >= 15 is 0 Å². The predicted octanol–water partition coefficient (Wildman–Crippen LogP) is 2.26. The van der Waals surface area contributed by atoms with Crippen molar-refractivity contribution in [2.75, 3.05) is 6.61 Å². The molecule has 0 aromatic heterocycles. The Morgan fingerprint density at radius 2 is 1.79 bits per heavy atom. The minimum Gasteiger partial charge on any atom is -0.386 e. The predicted molar refractivity (Wildman–Crippen MR) is 43.4 cm³/mol. The Bertz CT molecular complexity index is 271. The van der Waals surface area contributed by atoms with E-state index in [-0.39, 0.29) is 0 Å². The number of rotatable bonds is 3. The van der Waals surface area contributed by atoms with E-state index in [9.17, 15) is 18.3 Å². The molecule has 0 heterocycles. The highest BCUT2D eigenvalue weighted by atomic mass is 19.4. The van der Waals surface area contributed by atoms with Gasteiger partial charge in [0.2, 0.25) is 0 Å². The van der Waals surface area contributed by atoms with Gasteiger partial charge >= 0.3 is 6.36 Å². The van der Waals surface area contributed by atoms with Crippen molar-refractivity contribution in [2.24, 2.45) is 0 Å². The second-order valence-electron chi connectivity index (χ2n) is 2.68. The molecule has 0 unspecified atom stereocenters. The van der Waals surface area contributed by atoms with Gasteiger partial charge in [-0.15, -0.1) is 13.2 Å². The second kappa shape index (κ2) is 4.43. The molecule has 1 atom stereocenters. The fraction of sp³-hybridized carbons (Fsp3) is 0.333. The number of hydrogen-bond donors (Lipinski definition) is 1. The van der Waals surface area contributed by atoms with Crippen molar-refractivity contribution in [1.82, 2.24) is 0 Å². The van der Waals surface area contributed by atoms with Gasteiger partial charge in [0.05, 0.1) is 6.61 Å². The van der Waals surface area contributed by atoms with E-state index in [2.05, 4.69) is 4.74 Å². The topological polar surface area (TPSA) is 29.5 Å². The Labute approximate surface area is 78.9 Å². The number of ether oxygens (including phenoxy) is 1. The normalized spacial score (nSPS) is 14.0. The Morgan fingerprint density at radius 1 is 1.21 bits per heavy atom. The summed E-state index contributed by atoms with van der Waals surface area (Å²) in [5.74, 6) is 0. The van der Waals surface area contributed by atoms with E-state index in [1.165, 1.54) is 12.1 Å². The number of alkyl halides is 3. The molecule has 0 spiro atoms. The lowest BCUT2D eigenvalue weighted by Gasteiger charge is -2.12. The van der Waals surface area contributed by atoms with Gasteiger partial charge in [-0.3, -0.25) is 4.74 Å². The standard InChI is InChI=1S/C9H9F3O2/c10-9(11,12)14-6-8(13)7-4-2-1-3-5-7/h1-5,8,13H,6H2/t8-/m1/s1. The lowest BCUT2D eigenvalue weighted by atomic mass is 10.1. The molecule has 5 heteroatoms. The van der Waals surface area contributed by atoms with Crippen LogP contribution in [0.15, 0.2) is 30.3 Å². The van der Waals surface area contributed by atoms with Gasteiger partial charge in [0.15, 0.2) is 0 Å². The Hall–Kier alpha value is -1.07. The summed E-state index contributed by atoms with van der Waals surface area (Å²) in [7, 11) is 0. The molecule has 0 radical (unpaired) electrons. The van der Waals surface area contributed by atoms with Crippen molar-refractivity contribution in [3.8, 4) is 0 Å². The molecule has 1 rings (SSSR count). The molecule has 0 aliphatic rings. The summed E-state index contributed by atoms with van der Waals surface area (Å²) < 4.78 is 38.3. The molecule has 0 saturated heterocycles. The minimum absolute atomic E-state index is 0.400.